The van der Waals surface area contributed by atoms with Gasteiger partial charge in [0.2, 0.25) is 0 Å². The zero-order valence-corrected chi connectivity index (χ0v) is 7.55. The smallest absolute Gasteiger partial charge is 0.309 e. The van der Waals surface area contributed by atoms with Crippen LogP contribution in [0.3, 0.4) is 0 Å². The van der Waals surface area contributed by atoms with Crippen LogP contribution in [0.1, 0.15) is 39.0 Å². The van der Waals surface area contributed by atoms with E-state index in [0.29, 0.717) is 11.8 Å². The molecule has 0 aromatic carbocycles. The minimum Gasteiger partial charge on any atom is -0.481 e. The SMILES string of the molecule is CC1CC1C1(C(=O)O)CCCC1. The van der Waals surface area contributed by atoms with Gasteiger partial charge in [-0.15, -0.1) is 0 Å². The molecule has 2 rings (SSSR count). The first kappa shape index (κ1) is 8.09. The minimum absolute atomic E-state index is 0.306. The predicted molar refractivity (Wildman–Crippen MR) is 45.8 cm³/mol. The summed E-state index contributed by atoms with van der Waals surface area (Å²) < 4.78 is 0. The Morgan fingerprint density at radius 1 is 1.42 bits per heavy atom. The van der Waals surface area contributed by atoms with Crippen molar-refractivity contribution in [3.05, 3.63) is 0 Å². The van der Waals surface area contributed by atoms with Crippen LogP contribution in [0.4, 0.5) is 0 Å². The molecule has 2 heteroatoms. The van der Waals surface area contributed by atoms with Crippen molar-refractivity contribution in [2.24, 2.45) is 17.3 Å². The van der Waals surface area contributed by atoms with E-state index < -0.39 is 5.97 Å². The monoisotopic (exact) mass is 168 g/mol. The van der Waals surface area contributed by atoms with E-state index >= 15 is 0 Å². The highest BCUT2D eigenvalue weighted by Crippen LogP contribution is 2.58. The van der Waals surface area contributed by atoms with Crippen molar-refractivity contribution in [1.82, 2.24) is 0 Å². The lowest BCUT2D eigenvalue weighted by Gasteiger charge is -2.23. The summed E-state index contributed by atoms with van der Waals surface area (Å²) in [7, 11) is 0. The lowest BCUT2D eigenvalue weighted by Crippen LogP contribution is -2.30. The first-order valence-electron chi connectivity index (χ1n) is 4.90. The van der Waals surface area contributed by atoms with Gasteiger partial charge in [-0.05, 0) is 31.1 Å². The fourth-order valence-electron chi connectivity index (χ4n) is 2.84. The fourth-order valence-corrected chi connectivity index (χ4v) is 2.84. The van der Waals surface area contributed by atoms with E-state index in [1.54, 1.807) is 0 Å². The Kier molecular flexibility index (Phi) is 1.67. The molecular formula is C10H16O2. The maximum atomic E-state index is 11.2. The first-order chi connectivity index (χ1) is 5.67. The standard InChI is InChI=1S/C10H16O2/c1-7-6-8(7)10(9(11)12)4-2-3-5-10/h7-8H,2-6H2,1H3,(H,11,12). The first-order valence-corrected chi connectivity index (χ1v) is 4.90. The van der Waals surface area contributed by atoms with Crippen LogP contribution in [0.2, 0.25) is 0 Å². The molecule has 2 nitrogen and oxygen atoms in total. The average Bonchev–Trinajstić information content (AvgIpc) is 2.60. The van der Waals surface area contributed by atoms with Crippen molar-refractivity contribution in [2.45, 2.75) is 39.0 Å². The molecule has 2 aliphatic carbocycles. The second-order valence-electron chi connectivity index (χ2n) is 4.49. The van der Waals surface area contributed by atoms with Gasteiger partial charge in [-0.3, -0.25) is 4.79 Å². The lowest BCUT2D eigenvalue weighted by atomic mass is 9.80. The Balaban J connectivity index is 2.16. The molecule has 0 bridgehead atoms. The van der Waals surface area contributed by atoms with E-state index in [-0.39, 0.29) is 5.41 Å². The van der Waals surface area contributed by atoms with Crippen molar-refractivity contribution < 1.29 is 9.90 Å². The third-order valence-corrected chi connectivity index (χ3v) is 3.74. The van der Waals surface area contributed by atoms with E-state index in [2.05, 4.69) is 6.92 Å². The summed E-state index contributed by atoms with van der Waals surface area (Å²) in [5.41, 5.74) is -0.306. The highest BCUT2D eigenvalue weighted by atomic mass is 16.4. The molecular weight excluding hydrogens is 152 g/mol. The molecule has 2 fully saturated rings. The van der Waals surface area contributed by atoms with Crippen molar-refractivity contribution >= 4 is 5.97 Å². The maximum Gasteiger partial charge on any atom is 0.309 e. The van der Waals surface area contributed by atoms with Gasteiger partial charge in [-0.25, -0.2) is 0 Å². The van der Waals surface area contributed by atoms with Crippen LogP contribution in [0, 0.1) is 17.3 Å². The Morgan fingerprint density at radius 3 is 2.25 bits per heavy atom. The molecule has 12 heavy (non-hydrogen) atoms. The topological polar surface area (TPSA) is 37.3 Å². The third kappa shape index (κ3) is 0.970. The summed E-state index contributed by atoms with van der Waals surface area (Å²) in [5, 5.41) is 9.19. The van der Waals surface area contributed by atoms with Gasteiger partial charge in [0.05, 0.1) is 5.41 Å². The van der Waals surface area contributed by atoms with Crippen molar-refractivity contribution in [3.63, 3.8) is 0 Å². The lowest BCUT2D eigenvalue weighted by molar-refractivity contribution is -0.150. The minimum atomic E-state index is -0.533. The highest BCUT2D eigenvalue weighted by Gasteiger charge is 2.56. The van der Waals surface area contributed by atoms with Crippen molar-refractivity contribution in [2.75, 3.05) is 0 Å². The molecule has 0 aliphatic heterocycles. The largest absolute Gasteiger partial charge is 0.481 e. The van der Waals surface area contributed by atoms with Crippen molar-refractivity contribution in [3.8, 4) is 0 Å². The van der Waals surface area contributed by atoms with E-state index in [0.717, 1.165) is 32.1 Å². The maximum absolute atomic E-state index is 11.2. The fraction of sp³-hybridized carbons (Fsp3) is 0.900. The molecule has 0 aromatic heterocycles. The molecule has 1 N–H and O–H groups in total. The van der Waals surface area contributed by atoms with Gasteiger partial charge in [0.1, 0.15) is 0 Å². The quantitative estimate of drug-likeness (QED) is 0.686. The molecule has 0 amide bonds. The molecule has 0 saturated heterocycles. The van der Waals surface area contributed by atoms with Crippen LogP contribution < -0.4 is 0 Å². The molecule has 2 unspecified atom stereocenters. The molecule has 0 radical (unpaired) electrons. The molecule has 0 aromatic rings. The zero-order chi connectivity index (χ0) is 8.77. The summed E-state index contributed by atoms with van der Waals surface area (Å²) in [6, 6.07) is 0. The third-order valence-electron chi connectivity index (χ3n) is 3.74. The van der Waals surface area contributed by atoms with Gasteiger partial charge in [0.15, 0.2) is 0 Å². The molecule has 0 heterocycles. The molecule has 0 spiro atoms. The average molecular weight is 168 g/mol. The number of carbonyl (C=O) groups is 1. The molecule has 2 saturated carbocycles. The second-order valence-corrected chi connectivity index (χ2v) is 4.49. The number of rotatable bonds is 2. The molecule has 2 aliphatic rings. The summed E-state index contributed by atoms with van der Waals surface area (Å²) in [6.45, 7) is 2.17. The molecule has 68 valence electrons. The Morgan fingerprint density at radius 2 is 1.92 bits per heavy atom. The van der Waals surface area contributed by atoms with Gasteiger partial charge < -0.3 is 5.11 Å². The summed E-state index contributed by atoms with van der Waals surface area (Å²) in [5.74, 6) is 0.631. The van der Waals surface area contributed by atoms with E-state index in [1.165, 1.54) is 0 Å². The van der Waals surface area contributed by atoms with Crippen LogP contribution in [-0.2, 0) is 4.79 Å². The predicted octanol–water partition coefficient (Wildman–Crippen LogP) is 2.29. The summed E-state index contributed by atoms with van der Waals surface area (Å²) in [4.78, 5) is 11.2. The summed E-state index contributed by atoms with van der Waals surface area (Å²) in [6.07, 6.45) is 5.24. The Bertz CT molecular complexity index is 204. The van der Waals surface area contributed by atoms with E-state index in [1.807, 2.05) is 0 Å². The van der Waals surface area contributed by atoms with Crippen LogP contribution in [0.5, 0.6) is 0 Å². The van der Waals surface area contributed by atoms with Crippen LogP contribution >= 0.6 is 0 Å². The Labute approximate surface area is 73.0 Å². The normalized spacial score (nSPS) is 38.1. The number of hydrogen-bond acceptors (Lipinski definition) is 1. The van der Waals surface area contributed by atoms with E-state index in [4.69, 9.17) is 0 Å². The van der Waals surface area contributed by atoms with Crippen LogP contribution in [-0.4, -0.2) is 11.1 Å². The van der Waals surface area contributed by atoms with Gasteiger partial charge >= 0.3 is 5.97 Å². The van der Waals surface area contributed by atoms with Gasteiger partial charge in [0.25, 0.3) is 0 Å². The van der Waals surface area contributed by atoms with Crippen LogP contribution in [0.25, 0.3) is 0 Å². The number of carboxylic acid groups (broad SMARTS) is 1. The highest BCUT2D eigenvalue weighted by molar-refractivity contribution is 5.76. The van der Waals surface area contributed by atoms with Gasteiger partial charge in [0, 0.05) is 0 Å². The number of aliphatic carboxylic acids is 1. The van der Waals surface area contributed by atoms with Gasteiger partial charge in [-0.2, -0.15) is 0 Å². The van der Waals surface area contributed by atoms with Crippen LogP contribution in [0.15, 0.2) is 0 Å². The van der Waals surface area contributed by atoms with Gasteiger partial charge in [-0.1, -0.05) is 19.8 Å². The summed E-state index contributed by atoms with van der Waals surface area (Å²) >= 11 is 0. The van der Waals surface area contributed by atoms with E-state index in [9.17, 15) is 9.90 Å². The number of carboxylic acids is 1. The second kappa shape index (κ2) is 2.48. The number of hydrogen-bond donors (Lipinski definition) is 1. The van der Waals surface area contributed by atoms with Crippen molar-refractivity contribution in [1.29, 1.82) is 0 Å². The zero-order valence-electron chi connectivity index (χ0n) is 7.55. The Hall–Kier alpha value is -0.530. The molecule has 2 atom stereocenters.